The molecule has 0 bridgehead atoms. The Morgan fingerprint density at radius 2 is 1.36 bits per heavy atom. The Kier molecular flexibility index (Phi) is 7.12. The standard InChI is InChI=1S/C16H22N3O4P2/c1-17-24(20)22-15-8-4-13(5-9-15)12-14-6-10-16(11-7-14)23-25(21,18-2)19-3/h4-11H,12H2,1-3H3,(H,17,20)(H2,18,19,21)/q+1. The molecule has 0 spiro atoms. The van der Waals surface area contributed by atoms with E-state index < -0.39 is 15.8 Å². The van der Waals surface area contributed by atoms with E-state index in [0.29, 0.717) is 11.5 Å². The van der Waals surface area contributed by atoms with E-state index in [0.717, 1.165) is 17.5 Å². The van der Waals surface area contributed by atoms with Gasteiger partial charge in [-0.25, -0.2) is 19.3 Å². The van der Waals surface area contributed by atoms with Crippen molar-refractivity contribution >= 4 is 15.8 Å². The molecule has 2 aromatic rings. The number of hydrogen-bond acceptors (Lipinski definition) is 4. The van der Waals surface area contributed by atoms with Crippen molar-refractivity contribution < 1.29 is 18.2 Å². The predicted molar refractivity (Wildman–Crippen MR) is 99.3 cm³/mol. The second kappa shape index (κ2) is 9.09. The monoisotopic (exact) mass is 382 g/mol. The van der Waals surface area contributed by atoms with Gasteiger partial charge in [0.1, 0.15) is 5.75 Å². The molecule has 0 amide bonds. The quantitative estimate of drug-likeness (QED) is 0.573. The molecule has 0 aliphatic rings. The molecule has 1 unspecified atom stereocenters. The lowest BCUT2D eigenvalue weighted by Crippen LogP contribution is -2.19. The van der Waals surface area contributed by atoms with Crippen LogP contribution in [0.1, 0.15) is 11.1 Å². The second-order valence-corrected chi connectivity index (χ2v) is 8.45. The summed E-state index contributed by atoms with van der Waals surface area (Å²) >= 11 is 0. The Balaban J connectivity index is 1.99. The van der Waals surface area contributed by atoms with Gasteiger partial charge in [0.2, 0.25) is 0 Å². The van der Waals surface area contributed by atoms with Crippen LogP contribution in [0.3, 0.4) is 0 Å². The Labute approximate surface area is 148 Å². The molecule has 2 rings (SSSR count). The fourth-order valence-electron chi connectivity index (χ4n) is 2.06. The third-order valence-electron chi connectivity index (χ3n) is 3.45. The van der Waals surface area contributed by atoms with Crippen LogP contribution in [0.15, 0.2) is 48.5 Å². The molecule has 0 aliphatic heterocycles. The molecule has 134 valence electrons. The molecule has 0 saturated carbocycles. The van der Waals surface area contributed by atoms with E-state index in [2.05, 4.69) is 15.3 Å². The highest BCUT2D eigenvalue weighted by atomic mass is 31.2. The number of hydrogen-bond donors (Lipinski definition) is 3. The van der Waals surface area contributed by atoms with E-state index in [1.54, 1.807) is 45.4 Å². The van der Waals surface area contributed by atoms with Gasteiger partial charge in [0, 0.05) is 11.6 Å². The Morgan fingerprint density at radius 3 is 1.80 bits per heavy atom. The minimum atomic E-state index is -3.05. The van der Waals surface area contributed by atoms with Gasteiger partial charge in [-0.05, 0) is 55.9 Å². The minimum Gasteiger partial charge on any atom is -0.422 e. The summed E-state index contributed by atoms with van der Waals surface area (Å²) in [5.41, 5.74) is 2.18. The van der Waals surface area contributed by atoms with Crippen LogP contribution in [0.5, 0.6) is 11.5 Å². The van der Waals surface area contributed by atoms with Crippen molar-refractivity contribution in [3.63, 3.8) is 0 Å². The summed E-state index contributed by atoms with van der Waals surface area (Å²) in [6.07, 6.45) is 0.731. The van der Waals surface area contributed by atoms with Gasteiger partial charge in [0.15, 0.2) is 5.75 Å². The average Bonchev–Trinajstić information content (AvgIpc) is 2.64. The van der Waals surface area contributed by atoms with E-state index in [-0.39, 0.29) is 0 Å². The van der Waals surface area contributed by atoms with Crippen molar-refractivity contribution in [3.8, 4) is 11.5 Å². The van der Waals surface area contributed by atoms with Crippen molar-refractivity contribution in [2.45, 2.75) is 6.42 Å². The first-order valence-corrected chi connectivity index (χ1v) is 10.5. The molecule has 0 fully saturated rings. The van der Waals surface area contributed by atoms with Crippen molar-refractivity contribution in [3.05, 3.63) is 59.7 Å². The molecule has 1 atom stereocenters. The van der Waals surface area contributed by atoms with E-state index >= 15 is 0 Å². The summed E-state index contributed by atoms with van der Waals surface area (Å²) in [4.78, 5) is 0. The van der Waals surface area contributed by atoms with Crippen LogP contribution in [0, 0.1) is 0 Å². The normalized spacial score (nSPS) is 11.9. The summed E-state index contributed by atoms with van der Waals surface area (Å²) in [5.74, 6) is 1.08. The van der Waals surface area contributed by atoms with Crippen LogP contribution in [-0.4, -0.2) is 21.1 Å². The first kappa shape index (κ1) is 19.6. The molecule has 0 aliphatic carbocycles. The zero-order valence-corrected chi connectivity index (χ0v) is 16.1. The maximum atomic E-state index is 12.1. The largest absolute Gasteiger partial charge is 0.663 e. The zero-order valence-electron chi connectivity index (χ0n) is 14.4. The van der Waals surface area contributed by atoms with Gasteiger partial charge >= 0.3 is 15.8 Å². The summed E-state index contributed by atoms with van der Waals surface area (Å²) < 4.78 is 34.1. The van der Waals surface area contributed by atoms with E-state index in [1.165, 1.54) is 0 Å². The average molecular weight is 382 g/mol. The van der Waals surface area contributed by atoms with Crippen molar-refractivity contribution in [2.24, 2.45) is 0 Å². The first-order valence-electron chi connectivity index (χ1n) is 7.66. The summed E-state index contributed by atoms with van der Waals surface area (Å²) in [7, 11) is -0.199. The van der Waals surface area contributed by atoms with Gasteiger partial charge in [-0.3, -0.25) is 0 Å². The number of nitrogens with one attached hydrogen (secondary N) is 3. The lowest BCUT2D eigenvalue weighted by atomic mass is 10.1. The van der Waals surface area contributed by atoms with Gasteiger partial charge in [0.05, 0.1) is 0 Å². The van der Waals surface area contributed by atoms with Crippen LogP contribution >= 0.6 is 15.8 Å². The summed E-state index contributed by atoms with van der Waals surface area (Å²) in [6.45, 7) is 0. The van der Waals surface area contributed by atoms with Crippen molar-refractivity contribution in [1.29, 1.82) is 0 Å². The van der Waals surface area contributed by atoms with Gasteiger partial charge in [-0.2, -0.15) is 0 Å². The SMILES string of the molecule is CN[P+](=O)Oc1ccc(Cc2ccc(OP(=O)(NC)NC)cc2)cc1. The fraction of sp³-hybridized carbons (Fsp3) is 0.250. The maximum Gasteiger partial charge on any atom is 0.663 e. The lowest BCUT2D eigenvalue weighted by molar-refractivity contribution is 0.462. The highest BCUT2D eigenvalue weighted by Crippen LogP contribution is 2.37. The molecule has 25 heavy (non-hydrogen) atoms. The zero-order chi connectivity index (χ0) is 18.3. The van der Waals surface area contributed by atoms with E-state index in [9.17, 15) is 9.13 Å². The molecule has 7 nitrogen and oxygen atoms in total. The number of rotatable bonds is 9. The molecule has 0 aromatic heterocycles. The Hall–Kier alpha value is -1.75. The van der Waals surface area contributed by atoms with Gasteiger partial charge in [-0.15, -0.1) is 0 Å². The second-order valence-electron chi connectivity index (χ2n) is 5.13. The predicted octanol–water partition coefficient (Wildman–Crippen LogP) is 3.46. The third-order valence-corrected chi connectivity index (χ3v) is 5.84. The topological polar surface area (TPSA) is 88.7 Å². The highest BCUT2D eigenvalue weighted by Gasteiger charge is 2.19. The Morgan fingerprint density at radius 1 is 0.880 bits per heavy atom. The highest BCUT2D eigenvalue weighted by molar-refractivity contribution is 7.55. The molecule has 2 aromatic carbocycles. The fourth-order valence-corrected chi connectivity index (χ4v) is 3.29. The van der Waals surface area contributed by atoms with Crippen molar-refractivity contribution in [2.75, 3.05) is 21.1 Å². The van der Waals surface area contributed by atoms with Crippen molar-refractivity contribution in [1.82, 2.24) is 15.3 Å². The molecular weight excluding hydrogens is 360 g/mol. The molecular formula is C16H22N3O4P2+. The molecule has 0 saturated heterocycles. The third kappa shape index (κ3) is 5.92. The summed E-state index contributed by atoms with van der Waals surface area (Å²) in [6, 6.07) is 14.8. The van der Waals surface area contributed by atoms with Gasteiger partial charge < -0.3 is 4.52 Å². The first-order chi connectivity index (χ1) is 12.0. The van der Waals surface area contributed by atoms with Crippen LogP contribution in [0.2, 0.25) is 0 Å². The molecule has 9 heteroatoms. The van der Waals surface area contributed by atoms with E-state index in [4.69, 9.17) is 9.05 Å². The van der Waals surface area contributed by atoms with Crippen LogP contribution in [0.25, 0.3) is 0 Å². The van der Waals surface area contributed by atoms with Crippen LogP contribution in [-0.2, 0) is 15.6 Å². The Bertz CT molecular complexity index is 743. The minimum absolute atomic E-state index is 0.524. The summed E-state index contributed by atoms with van der Waals surface area (Å²) in [5, 5.41) is 7.82. The van der Waals surface area contributed by atoms with Gasteiger partial charge in [0.25, 0.3) is 0 Å². The van der Waals surface area contributed by atoms with Gasteiger partial charge in [-0.1, -0.05) is 29.4 Å². The van der Waals surface area contributed by atoms with E-state index in [1.807, 2.05) is 24.3 Å². The maximum absolute atomic E-state index is 12.1. The smallest absolute Gasteiger partial charge is 0.422 e. The molecule has 0 heterocycles. The number of benzene rings is 2. The lowest BCUT2D eigenvalue weighted by Gasteiger charge is -2.17. The molecule has 3 N–H and O–H groups in total. The van der Waals surface area contributed by atoms with Crippen LogP contribution in [0.4, 0.5) is 0 Å². The van der Waals surface area contributed by atoms with Crippen LogP contribution < -0.4 is 24.3 Å². The molecule has 0 radical (unpaired) electrons.